The van der Waals surface area contributed by atoms with Gasteiger partial charge in [-0.15, -0.1) is 11.3 Å². The molecule has 1 aliphatic heterocycles. The van der Waals surface area contributed by atoms with E-state index in [4.69, 9.17) is 5.26 Å². The number of hydrogen-bond donors (Lipinski definition) is 2. The van der Waals surface area contributed by atoms with Gasteiger partial charge in [0.15, 0.2) is 5.13 Å². The third-order valence-corrected chi connectivity index (χ3v) is 5.53. The highest BCUT2D eigenvalue weighted by Crippen LogP contribution is 2.30. The number of nitrogens with one attached hydrogen (secondary N) is 2. The maximum Gasteiger partial charge on any atom is 0.271 e. The number of carbonyl (C=O) groups excluding carboxylic acids is 1. The summed E-state index contributed by atoms with van der Waals surface area (Å²) in [4.78, 5) is 31.8. The van der Waals surface area contributed by atoms with E-state index in [0.29, 0.717) is 29.9 Å². The van der Waals surface area contributed by atoms with Crippen molar-refractivity contribution in [2.24, 2.45) is 0 Å². The zero-order valence-electron chi connectivity index (χ0n) is 16.2. The molecular weight excluding hydrogens is 400 g/mol. The van der Waals surface area contributed by atoms with Gasteiger partial charge in [0.2, 0.25) is 5.95 Å². The molecule has 1 fully saturated rings. The Morgan fingerprint density at radius 2 is 2.20 bits per heavy atom. The highest BCUT2D eigenvalue weighted by molar-refractivity contribution is 7.14. The first-order valence-electron chi connectivity index (χ1n) is 9.57. The smallest absolute Gasteiger partial charge is 0.271 e. The Hall–Kier alpha value is -3.42. The molecule has 0 saturated carbocycles. The van der Waals surface area contributed by atoms with Crippen LogP contribution in [0.1, 0.15) is 40.8 Å². The first-order chi connectivity index (χ1) is 14.7. The lowest BCUT2D eigenvalue weighted by atomic mass is 10.1. The van der Waals surface area contributed by atoms with E-state index in [2.05, 4.69) is 41.5 Å². The third-order valence-electron chi connectivity index (χ3n) is 4.77. The number of amides is 1. The lowest BCUT2D eigenvalue weighted by Crippen LogP contribution is -2.24. The molecule has 1 amide bonds. The Kier molecular flexibility index (Phi) is 6.22. The highest BCUT2D eigenvalue weighted by Gasteiger charge is 2.27. The minimum atomic E-state index is -0.266. The van der Waals surface area contributed by atoms with Crippen LogP contribution < -0.4 is 10.6 Å². The maximum atomic E-state index is 12.3. The molecule has 1 aliphatic rings. The molecular formula is C20H20N8OS. The molecule has 152 valence electrons. The standard InChI is InChI=1S/C20H20N8OS/c21-7-11-28-10-3-5-17(28)15-6-9-23-19(25-15)27-20-26-16(13-30-20)18(29)24-12-14-4-1-2-8-22-14/h1-2,4,6,8-9,13,17H,3,5,10-12H2,(H,24,29)(H,23,25,26,27). The van der Waals surface area contributed by atoms with Gasteiger partial charge in [-0.05, 0) is 37.6 Å². The molecule has 10 heteroatoms. The number of aromatic nitrogens is 4. The van der Waals surface area contributed by atoms with E-state index >= 15 is 0 Å². The fourth-order valence-corrected chi connectivity index (χ4v) is 4.04. The van der Waals surface area contributed by atoms with E-state index in [-0.39, 0.29) is 11.9 Å². The van der Waals surface area contributed by atoms with Crippen LogP contribution >= 0.6 is 11.3 Å². The van der Waals surface area contributed by atoms with Crippen LogP contribution in [0.2, 0.25) is 0 Å². The summed E-state index contributed by atoms with van der Waals surface area (Å²) in [5, 5.41) is 17.1. The normalized spacial score (nSPS) is 16.2. The first kappa shape index (κ1) is 19.9. The molecule has 1 saturated heterocycles. The van der Waals surface area contributed by atoms with Gasteiger partial charge in [-0.25, -0.2) is 15.0 Å². The van der Waals surface area contributed by atoms with E-state index in [0.717, 1.165) is 30.8 Å². The maximum absolute atomic E-state index is 12.3. The summed E-state index contributed by atoms with van der Waals surface area (Å²) in [5.41, 5.74) is 1.98. The van der Waals surface area contributed by atoms with Crippen LogP contribution in [0, 0.1) is 11.3 Å². The van der Waals surface area contributed by atoms with Gasteiger partial charge >= 0.3 is 0 Å². The lowest BCUT2D eigenvalue weighted by Gasteiger charge is -2.21. The van der Waals surface area contributed by atoms with Crippen molar-refractivity contribution in [3.05, 3.63) is 59.1 Å². The molecule has 1 atom stereocenters. The van der Waals surface area contributed by atoms with Gasteiger partial charge in [-0.1, -0.05) is 6.07 Å². The predicted octanol–water partition coefficient (Wildman–Crippen LogP) is 2.66. The Morgan fingerprint density at radius 3 is 3.03 bits per heavy atom. The average Bonchev–Trinajstić information content (AvgIpc) is 3.43. The van der Waals surface area contributed by atoms with E-state index in [1.165, 1.54) is 11.3 Å². The van der Waals surface area contributed by atoms with Gasteiger partial charge in [-0.3, -0.25) is 14.7 Å². The second-order valence-electron chi connectivity index (χ2n) is 6.76. The Morgan fingerprint density at radius 1 is 1.27 bits per heavy atom. The average molecular weight is 421 g/mol. The number of hydrogen-bond acceptors (Lipinski definition) is 9. The van der Waals surface area contributed by atoms with Crippen molar-refractivity contribution in [2.45, 2.75) is 25.4 Å². The molecule has 0 bridgehead atoms. The van der Waals surface area contributed by atoms with Gasteiger partial charge in [0.05, 0.1) is 36.6 Å². The Balaban J connectivity index is 1.39. The van der Waals surface area contributed by atoms with Crippen molar-refractivity contribution in [3.63, 3.8) is 0 Å². The topological polar surface area (TPSA) is 120 Å². The van der Waals surface area contributed by atoms with Crippen LogP contribution in [0.4, 0.5) is 11.1 Å². The molecule has 9 nitrogen and oxygen atoms in total. The molecule has 3 aromatic rings. The zero-order valence-corrected chi connectivity index (χ0v) is 17.0. The summed E-state index contributed by atoms with van der Waals surface area (Å²) >= 11 is 1.31. The fraction of sp³-hybridized carbons (Fsp3) is 0.300. The van der Waals surface area contributed by atoms with Crippen molar-refractivity contribution < 1.29 is 4.79 Å². The van der Waals surface area contributed by atoms with Gasteiger partial charge < -0.3 is 10.6 Å². The minimum Gasteiger partial charge on any atom is -0.345 e. The lowest BCUT2D eigenvalue weighted by molar-refractivity contribution is 0.0946. The summed E-state index contributed by atoms with van der Waals surface area (Å²) in [6, 6.07) is 9.77. The van der Waals surface area contributed by atoms with Crippen LogP contribution in [0.5, 0.6) is 0 Å². The number of rotatable bonds is 7. The number of anilines is 2. The number of thiazole rings is 1. The molecule has 0 aromatic carbocycles. The molecule has 30 heavy (non-hydrogen) atoms. The third kappa shape index (κ3) is 4.76. The van der Waals surface area contributed by atoms with Gasteiger partial charge in [0.1, 0.15) is 5.69 Å². The molecule has 0 radical (unpaired) electrons. The van der Waals surface area contributed by atoms with Crippen LogP contribution in [0.25, 0.3) is 0 Å². The van der Waals surface area contributed by atoms with E-state index < -0.39 is 0 Å². The van der Waals surface area contributed by atoms with Gasteiger partial charge in [0, 0.05) is 17.8 Å². The van der Waals surface area contributed by atoms with Crippen molar-refractivity contribution in [1.29, 1.82) is 5.26 Å². The number of likely N-dealkylation sites (tertiary alicyclic amines) is 1. The van der Waals surface area contributed by atoms with Crippen LogP contribution in [0.3, 0.4) is 0 Å². The summed E-state index contributed by atoms with van der Waals surface area (Å²) < 4.78 is 0. The second kappa shape index (κ2) is 9.39. The molecule has 4 rings (SSSR count). The Bertz CT molecular complexity index is 1050. The van der Waals surface area contributed by atoms with Crippen molar-refractivity contribution >= 4 is 28.3 Å². The summed E-state index contributed by atoms with van der Waals surface area (Å²) in [5.74, 6) is 0.156. The monoisotopic (exact) mass is 420 g/mol. The fourth-order valence-electron chi connectivity index (χ4n) is 3.35. The van der Waals surface area contributed by atoms with Gasteiger partial charge in [-0.2, -0.15) is 5.26 Å². The van der Waals surface area contributed by atoms with E-state index in [1.807, 2.05) is 24.3 Å². The summed E-state index contributed by atoms with van der Waals surface area (Å²) in [7, 11) is 0. The van der Waals surface area contributed by atoms with E-state index in [1.54, 1.807) is 17.8 Å². The molecule has 4 heterocycles. The number of pyridine rings is 1. The second-order valence-corrected chi connectivity index (χ2v) is 7.62. The van der Waals surface area contributed by atoms with Crippen molar-refractivity contribution in [3.8, 4) is 6.07 Å². The summed E-state index contributed by atoms with van der Waals surface area (Å²) in [6.45, 7) is 1.63. The Labute approximate surface area is 177 Å². The number of nitrogens with zero attached hydrogens (tertiary/aromatic N) is 6. The highest BCUT2D eigenvalue weighted by atomic mass is 32.1. The molecule has 0 spiro atoms. The molecule has 2 N–H and O–H groups in total. The summed E-state index contributed by atoms with van der Waals surface area (Å²) in [6.07, 6.45) is 5.39. The van der Waals surface area contributed by atoms with Crippen molar-refractivity contribution in [2.75, 3.05) is 18.4 Å². The van der Waals surface area contributed by atoms with Crippen LogP contribution in [-0.2, 0) is 6.54 Å². The molecule has 0 aliphatic carbocycles. The first-order valence-corrected chi connectivity index (χ1v) is 10.5. The zero-order chi connectivity index (χ0) is 20.8. The minimum absolute atomic E-state index is 0.123. The molecule has 1 unspecified atom stereocenters. The largest absolute Gasteiger partial charge is 0.345 e. The van der Waals surface area contributed by atoms with Gasteiger partial charge in [0.25, 0.3) is 5.91 Å². The van der Waals surface area contributed by atoms with E-state index in [9.17, 15) is 4.79 Å². The number of carbonyl (C=O) groups is 1. The number of nitriles is 1. The predicted molar refractivity (Wildman–Crippen MR) is 112 cm³/mol. The van der Waals surface area contributed by atoms with Crippen molar-refractivity contribution in [1.82, 2.24) is 30.2 Å². The molecule has 3 aromatic heterocycles. The van der Waals surface area contributed by atoms with Crippen LogP contribution in [-0.4, -0.2) is 43.8 Å². The SMILES string of the molecule is N#CCN1CCCC1c1ccnc(Nc2nc(C(=O)NCc3ccccn3)cs2)n1. The quantitative estimate of drug-likeness (QED) is 0.560. The van der Waals surface area contributed by atoms with Crippen LogP contribution in [0.15, 0.2) is 42.0 Å².